The summed E-state index contributed by atoms with van der Waals surface area (Å²) in [7, 11) is 3.02. The second kappa shape index (κ2) is 10.1. The lowest BCUT2D eigenvalue weighted by molar-refractivity contribution is -0.115. The van der Waals surface area contributed by atoms with E-state index in [0.29, 0.717) is 22.8 Å². The maximum Gasteiger partial charge on any atom is 0.271 e. The fraction of sp³-hybridized carbons (Fsp3) is 0.286. The van der Waals surface area contributed by atoms with Gasteiger partial charge in [0.25, 0.3) is 5.91 Å². The van der Waals surface area contributed by atoms with E-state index in [4.69, 9.17) is 9.47 Å². The van der Waals surface area contributed by atoms with Crippen molar-refractivity contribution in [3.05, 3.63) is 53.6 Å². The molecule has 0 bridgehead atoms. The molecular weight excluding hydrogens is 358 g/mol. The molecule has 0 aliphatic heterocycles. The van der Waals surface area contributed by atoms with Crippen LogP contribution in [0.3, 0.4) is 0 Å². The number of benzene rings is 2. The molecule has 148 valence electrons. The molecule has 0 spiro atoms. The number of carbonyl (C=O) groups is 2. The van der Waals surface area contributed by atoms with Crippen LogP contribution >= 0.6 is 0 Å². The molecule has 2 rings (SSSR count). The van der Waals surface area contributed by atoms with E-state index >= 15 is 0 Å². The lowest BCUT2D eigenvalue weighted by Crippen LogP contribution is -2.21. The van der Waals surface area contributed by atoms with Crippen LogP contribution in [0, 0.1) is 0 Å². The Morgan fingerprint density at radius 1 is 1.04 bits per heavy atom. The van der Waals surface area contributed by atoms with Gasteiger partial charge in [0.15, 0.2) is 0 Å². The number of hydrogen-bond acceptors (Lipinski definition) is 5. The number of amides is 2. The Hall–Kier alpha value is -3.35. The number of rotatable bonds is 8. The van der Waals surface area contributed by atoms with Gasteiger partial charge in [0, 0.05) is 23.0 Å². The van der Waals surface area contributed by atoms with Crippen LogP contribution in [0.15, 0.2) is 47.6 Å². The van der Waals surface area contributed by atoms with Crippen molar-refractivity contribution in [1.29, 1.82) is 0 Å². The Morgan fingerprint density at radius 3 is 2.29 bits per heavy atom. The van der Waals surface area contributed by atoms with Crippen LogP contribution in [-0.2, 0) is 11.2 Å². The van der Waals surface area contributed by atoms with Crippen LogP contribution in [0.25, 0.3) is 0 Å². The van der Waals surface area contributed by atoms with Crippen molar-refractivity contribution in [3.63, 3.8) is 0 Å². The normalized spacial score (nSPS) is 10.9. The van der Waals surface area contributed by atoms with Gasteiger partial charge in [-0.2, -0.15) is 5.10 Å². The second-order valence-corrected chi connectivity index (χ2v) is 6.12. The third kappa shape index (κ3) is 5.84. The predicted octanol–water partition coefficient (Wildman–Crippen LogP) is 3.40. The summed E-state index contributed by atoms with van der Waals surface area (Å²) in [5.41, 5.74) is 5.12. The van der Waals surface area contributed by atoms with E-state index in [1.807, 2.05) is 31.2 Å². The molecule has 28 heavy (non-hydrogen) atoms. The van der Waals surface area contributed by atoms with Gasteiger partial charge >= 0.3 is 0 Å². The van der Waals surface area contributed by atoms with Gasteiger partial charge in [-0.05, 0) is 37.1 Å². The maximum absolute atomic E-state index is 12.3. The van der Waals surface area contributed by atoms with Gasteiger partial charge in [0.05, 0.1) is 20.6 Å². The monoisotopic (exact) mass is 383 g/mol. The molecule has 0 saturated heterocycles. The van der Waals surface area contributed by atoms with E-state index in [9.17, 15) is 9.59 Å². The van der Waals surface area contributed by atoms with Gasteiger partial charge in [-0.3, -0.25) is 9.59 Å². The van der Waals surface area contributed by atoms with Gasteiger partial charge in [-0.15, -0.1) is 0 Å². The predicted molar refractivity (Wildman–Crippen MR) is 109 cm³/mol. The summed E-state index contributed by atoms with van der Waals surface area (Å²) >= 11 is 0. The zero-order valence-electron chi connectivity index (χ0n) is 16.5. The molecule has 7 heteroatoms. The molecule has 0 atom stereocenters. The van der Waals surface area contributed by atoms with E-state index in [0.717, 1.165) is 17.7 Å². The lowest BCUT2D eigenvalue weighted by Gasteiger charge is -2.10. The molecule has 7 nitrogen and oxygen atoms in total. The lowest BCUT2D eigenvalue weighted by atomic mass is 10.1. The van der Waals surface area contributed by atoms with Crippen molar-refractivity contribution in [2.75, 3.05) is 19.5 Å². The highest BCUT2D eigenvalue weighted by molar-refractivity contribution is 6.06. The molecular formula is C21H25N3O4. The SMILES string of the molecule is CCc1ccccc1NC(=O)C/C(C)=N/NC(=O)c1cc(OC)cc(OC)c1. The largest absolute Gasteiger partial charge is 0.497 e. The number of ether oxygens (including phenoxy) is 2. The van der Waals surface area contributed by atoms with Crippen molar-refractivity contribution < 1.29 is 19.1 Å². The molecule has 0 saturated carbocycles. The van der Waals surface area contributed by atoms with Gasteiger partial charge in [-0.1, -0.05) is 25.1 Å². The van der Waals surface area contributed by atoms with Crippen LogP contribution in [0.5, 0.6) is 11.5 Å². The topological polar surface area (TPSA) is 89.0 Å². The van der Waals surface area contributed by atoms with Gasteiger partial charge in [0.2, 0.25) is 5.91 Å². The highest BCUT2D eigenvalue weighted by atomic mass is 16.5. The number of nitrogens with zero attached hydrogens (tertiary/aromatic N) is 1. The molecule has 0 aliphatic rings. The summed E-state index contributed by atoms with van der Waals surface area (Å²) in [5, 5.41) is 6.89. The van der Waals surface area contributed by atoms with Crippen LogP contribution in [0.4, 0.5) is 5.69 Å². The van der Waals surface area contributed by atoms with E-state index < -0.39 is 5.91 Å². The molecule has 0 aliphatic carbocycles. The number of para-hydroxylation sites is 1. The van der Waals surface area contributed by atoms with E-state index in [1.54, 1.807) is 25.1 Å². The highest BCUT2D eigenvalue weighted by Gasteiger charge is 2.11. The Morgan fingerprint density at radius 2 is 1.68 bits per heavy atom. The van der Waals surface area contributed by atoms with Crippen LogP contribution in [-0.4, -0.2) is 31.7 Å². The average molecular weight is 383 g/mol. The highest BCUT2D eigenvalue weighted by Crippen LogP contribution is 2.22. The standard InChI is InChI=1S/C21H25N3O4/c1-5-15-8-6-7-9-19(15)22-20(25)10-14(2)23-24-21(26)16-11-17(27-3)13-18(12-16)28-4/h6-9,11-13H,5,10H2,1-4H3,(H,22,25)(H,24,26)/b23-14+. The first-order valence-electron chi connectivity index (χ1n) is 8.91. The van der Waals surface area contributed by atoms with E-state index in [-0.39, 0.29) is 12.3 Å². The van der Waals surface area contributed by atoms with Gasteiger partial charge in [0.1, 0.15) is 11.5 Å². The summed E-state index contributed by atoms with van der Waals surface area (Å²) in [5.74, 6) is 0.381. The molecule has 0 aromatic heterocycles. The summed E-state index contributed by atoms with van der Waals surface area (Å²) in [6.07, 6.45) is 0.892. The quantitative estimate of drug-likeness (QED) is 0.540. The molecule has 2 aromatic rings. The molecule has 2 N–H and O–H groups in total. The molecule has 0 unspecified atom stereocenters. The number of carbonyl (C=O) groups excluding carboxylic acids is 2. The number of anilines is 1. The number of aryl methyl sites for hydroxylation is 1. The molecule has 0 fully saturated rings. The molecule has 0 heterocycles. The van der Waals surface area contributed by atoms with E-state index in [2.05, 4.69) is 15.8 Å². The zero-order valence-corrected chi connectivity index (χ0v) is 16.5. The van der Waals surface area contributed by atoms with Crippen molar-refractivity contribution in [2.24, 2.45) is 5.10 Å². The van der Waals surface area contributed by atoms with Crippen molar-refractivity contribution >= 4 is 23.2 Å². The van der Waals surface area contributed by atoms with Gasteiger partial charge in [-0.25, -0.2) is 5.43 Å². The van der Waals surface area contributed by atoms with Crippen molar-refractivity contribution in [2.45, 2.75) is 26.7 Å². The van der Waals surface area contributed by atoms with Crippen LogP contribution in [0.1, 0.15) is 36.2 Å². The molecule has 2 amide bonds. The zero-order chi connectivity index (χ0) is 20.5. The minimum Gasteiger partial charge on any atom is -0.497 e. The Bertz CT molecular complexity index is 855. The smallest absolute Gasteiger partial charge is 0.271 e. The summed E-state index contributed by atoms with van der Waals surface area (Å²) in [4.78, 5) is 24.6. The Kier molecular flexibility index (Phi) is 7.56. The third-order valence-electron chi connectivity index (χ3n) is 4.05. The van der Waals surface area contributed by atoms with Crippen molar-refractivity contribution in [1.82, 2.24) is 5.43 Å². The fourth-order valence-corrected chi connectivity index (χ4v) is 2.57. The summed E-state index contributed by atoms with van der Waals surface area (Å²) in [6, 6.07) is 12.5. The second-order valence-electron chi connectivity index (χ2n) is 6.12. The summed E-state index contributed by atoms with van der Waals surface area (Å²) < 4.78 is 10.3. The van der Waals surface area contributed by atoms with Crippen molar-refractivity contribution in [3.8, 4) is 11.5 Å². The first-order valence-corrected chi connectivity index (χ1v) is 8.91. The Balaban J connectivity index is 1.98. The van der Waals surface area contributed by atoms with Gasteiger partial charge < -0.3 is 14.8 Å². The summed E-state index contributed by atoms with van der Waals surface area (Å²) in [6.45, 7) is 3.71. The minimum absolute atomic E-state index is 0.0692. The van der Waals surface area contributed by atoms with Crippen LogP contribution in [0.2, 0.25) is 0 Å². The number of hydrogen-bond donors (Lipinski definition) is 2. The third-order valence-corrected chi connectivity index (χ3v) is 4.05. The molecule has 2 aromatic carbocycles. The number of hydrazone groups is 1. The fourth-order valence-electron chi connectivity index (χ4n) is 2.57. The number of methoxy groups -OCH3 is 2. The molecule has 0 radical (unpaired) electrons. The first kappa shape index (κ1) is 21.0. The van der Waals surface area contributed by atoms with E-state index in [1.165, 1.54) is 14.2 Å². The first-order chi connectivity index (χ1) is 13.5. The Labute approximate surface area is 164 Å². The maximum atomic E-state index is 12.3. The number of nitrogens with one attached hydrogen (secondary N) is 2. The minimum atomic E-state index is -0.423. The average Bonchev–Trinajstić information content (AvgIpc) is 2.71. The van der Waals surface area contributed by atoms with Crippen LogP contribution < -0.4 is 20.2 Å².